The molecule has 0 aromatic carbocycles. The fourth-order valence-electron chi connectivity index (χ4n) is 3.28. The number of aliphatic hydroxyl groups excluding tert-OH is 1. The minimum absolute atomic E-state index is 0.236. The van der Waals surface area contributed by atoms with E-state index in [1.165, 1.54) is 12.3 Å². The van der Waals surface area contributed by atoms with Gasteiger partial charge in [0.1, 0.15) is 5.82 Å². The number of halogens is 1. The van der Waals surface area contributed by atoms with Gasteiger partial charge in [0.2, 0.25) is 0 Å². The Morgan fingerprint density at radius 2 is 2.11 bits per heavy atom. The first-order valence-electron chi connectivity index (χ1n) is 8.80. The summed E-state index contributed by atoms with van der Waals surface area (Å²) in [5.41, 5.74) is 8.16. The molecule has 3 aromatic rings. The van der Waals surface area contributed by atoms with Crippen molar-refractivity contribution in [1.82, 2.24) is 14.6 Å². The molecule has 0 aliphatic heterocycles. The number of nitrogens with two attached hydrogens (primary N) is 1. The van der Waals surface area contributed by atoms with Crippen LogP contribution in [0.25, 0.3) is 16.6 Å². The zero-order chi connectivity index (χ0) is 19.1. The summed E-state index contributed by atoms with van der Waals surface area (Å²) < 4.78 is 15.1. The molecule has 0 radical (unpaired) electrons. The maximum atomic E-state index is 13.5. The van der Waals surface area contributed by atoms with E-state index in [9.17, 15) is 14.3 Å². The number of primary amides is 1. The van der Waals surface area contributed by atoms with E-state index in [2.05, 4.69) is 15.4 Å². The monoisotopic (exact) mass is 369 g/mol. The van der Waals surface area contributed by atoms with Crippen LogP contribution in [0.4, 0.5) is 10.1 Å². The number of nitrogens with one attached hydrogen (secondary N) is 1. The van der Waals surface area contributed by atoms with Gasteiger partial charge in [-0.2, -0.15) is 5.10 Å². The van der Waals surface area contributed by atoms with Gasteiger partial charge < -0.3 is 16.2 Å². The van der Waals surface area contributed by atoms with E-state index >= 15 is 0 Å². The third kappa shape index (κ3) is 3.35. The van der Waals surface area contributed by atoms with Crippen LogP contribution in [0.15, 0.2) is 36.9 Å². The Hall–Kier alpha value is -3.00. The number of pyridine rings is 1. The number of rotatable bonds is 6. The summed E-state index contributed by atoms with van der Waals surface area (Å²) in [5, 5.41) is 17.8. The molecule has 0 spiro atoms. The molecule has 27 heavy (non-hydrogen) atoms. The maximum Gasteiger partial charge on any atom is 0.252 e. The van der Waals surface area contributed by atoms with Gasteiger partial charge >= 0.3 is 0 Å². The van der Waals surface area contributed by atoms with Crippen molar-refractivity contribution < 1.29 is 14.3 Å². The first kappa shape index (κ1) is 17.4. The number of amides is 1. The van der Waals surface area contributed by atoms with Crippen molar-refractivity contribution in [3.8, 4) is 11.1 Å². The summed E-state index contributed by atoms with van der Waals surface area (Å²) in [5.74, 6) is -0.771. The minimum atomic E-state index is -0.615. The van der Waals surface area contributed by atoms with E-state index in [1.807, 2.05) is 6.92 Å². The number of nitrogens with zero attached hydrogens (tertiary/aromatic N) is 3. The Morgan fingerprint density at radius 1 is 1.33 bits per heavy atom. The van der Waals surface area contributed by atoms with Crippen LogP contribution in [0, 0.1) is 11.7 Å². The molecule has 3 heterocycles. The lowest BCUT2D eigenvalue weighted by molar-refractivity contribution is 0.1000. The van der Waals surface area contributed by atoms with Crippen molar-refractivity contribution in [2.24, 2.45) is 11.7 Å². The number of aromatic nitrogens is 3. The highest BCUT2D eigenvalue weighted by atomic mass is 19.1. The molecule has 0 saturated heterocycles. The molecule has 0 bridgehead atoms. The number of anilines is 1. The number of aliphatic hydroxyl groups is 1. The molecule has 1 fully saturated rings. The lowest BCUT2D eigenvalue weighted by atomic mass is 10.1. The van der Waals surface area contributed by atoms with Crippen LogP contribution >= 0.6 is 0 Å². The summed E-state index contributed by atoms with van der Waals surface area (Å²) in [6, 6.07) is 2.90. The van der Waals surface area contributed by atoms with Crippen LogP contribution in [-0.2, 0) is 0 Å². The Bertz CT molecular complexity index is 1010. The molecule has 1 aliphatic carbocycles. The molecule has 140 valence electrons. The molecule has 7 nitrogen and oxygen atoms in total. The molecule has 4 N–H and O–H groups in total. The van der Waals surface area contributed by atoms with Gasteiger partial charge in [0, 0.05) is 29.6 Å². The van der Waals surface area contributed by atoms with Crippen molar-refractivity contribution in [2.75, 3.05) is 5.32 Å². The lowest BCUT2D eigenvalue weighted by Crippen LogP contribution is -2.33. The van der Waals surface area contributed by atoms with E-state index in [4.69, 9.17) is 5.73 Å². The SMILES string of the molecule is C[C@@H](Nc1c(C(N)=O)cnn2cc(-c3cncc(F)c3)cc12)C(O)C1CC1. The lowest BCUT2D eigenvalue weighted by Gasteiger charge is -2.22. The standard InChI is InChI=1S/C19H20FN5O2/c1-10(18(26)11-2-3-11)24-17-15(19(21)27)8-23-25-9-13(5-16(17)25)12-4-14(20)7-22-6-12/h4-11,18,24,26H,2-3H2,1H3,(H2,21,27)/t10-,18?/m1/s1. The topological polar surface area (TPSA) is 106 Å². The second kappa shape index (κ2) is 6.62. The highest BCUT2D eigenvalue weighted by Gasteiger charge is 2.34. The molecule has 2 atom stereocenters. The van der Waals surface area contributed by atoms with Gasteiger partial charge in [0.25, 0.3) is 5.91 Å². The molecule has 1 aliphatic rings. The average molecular weight is 369 g/mol. The second-order valence-electron chi connectivity index (χ2n) is 7.01. The van der Waals surface area contributed by atoms with Crippen LogP contribution in [0.3, 0.4) is 0 Å². The molecular formula is C19H20FN5O2. The molecule has 1 saturated carbocycles. The zero-order valence-electron chi connectivity index (χ0n) is 14.8. The molecular weight excluding hydrogens is 349 g/mol. The van der Waals surface area contributed by atoms with E-state index in [0.29, 0.717) is 22.3 Å². The minimum Gasteiger partial charge on any atom is -0.391 e. The van der Waals surface area contributed by atoms with Crippen LogP contribution < -0.4 is 11.1 Å². The van der Waals surface area contributed by atoms with Crippen LogP contribution in [0.5, 0.6) is 0 Å². The Kier molecular flexibility index (Phi) is 4.27. The van der Waals surface area contributed by atoms with E-state index in [-0.39, 0.29) is 17.5 Å². The summed E-state index contributed by atoms with van der Waals surface area (Å²) in [6.45, 7) is 1.87. The third-order valence-corrected chi connectivity index (χ3v) is 4.93. The fraction of sp³-hybridized carbons (Fsp3) is 0.316. The summed E-state index contributed by atoms with van der Waals surface area (Å²) in [7, 11) is 0. The normalized spacial score (nSPS) is 16.3. The molecule has 1 amide bonds. The van der Waals surface area contributed by atoms with E-state index < -0.39 is 17.8 Å². The van der Waals surface area contributed by atoms with E-state index in [0.717, 1.165) is 19.0 Å². The number of carbonyl (C=O) groups excluding carboxylic acids is 1. The third-order valence-electron chi connectivity index (χ3n) is 4.93. The predicted octanol–water partition coefficient (Wildman–Crippen LogP) is 2.21. The predicted molar refractivity (Wildman–Crippen MR) is 98.7 cm³/mol. The van der Waals surface area contributed by atoms with Gasteiger partial charge in [-0.3, -0.25) is 9.78 Å². The first-order chi connectivity index (χ1) is 12.9. The van der Waals surface area contributed by atoms with Gasteiger partial charge in [-0.1, -0.05) is 0 Å². The molecule has 3 aromatic heterocycles. The van der Waals surface area contributed by atoms with Crippen molar-refractivity contribution in [1.29, 1.82) is 0 Å². The average Bonchev–Trinajstić information content (AvgIpc) is 3.39. The smallest absolute Gasteiger partial charge is 0.252 e. The van der Waals surface area contributed by atoms with Gasteiger partial charge in [0.15, 0.2) is 0 Å². The summed E-state index contributed by atoms with van der Waals surface area (Å²) in [4.78, 5) is 15.8. The van der Waals surface area contributed by atoms with Crippen LogP contribution in [0.1, 0.15) is 30.1 Å². The van der Waals surface area contributed by atoms with Crippen molar-refractivity contribution in [2.45, 2.75) is 31.9 Å². The van der Waals surface area contributed by atoms with Gasteiger partial charge in [-0.25, -0.2) is 8.91 Å². The molecule has 8 heteroatoms. The first-order valence-corrected chi connectivity index (χ1v) is 8.80. The van der Waals surface area contributed by atoms with E-state index in [1.54, 1.807) is 23.0 Å². The quantitative estimate of drug-likeness (QED) is 0.618. The van der Waals surface area contributed by atoms with Gasteiger partial charge in [0.05, 0.1) is 35.3 Å². The highest BCUT2D eigenvalue weighted by molar-refractivity contribution is 6.02. The van der Waals surface area contributed by atoms with Crippen molar-refractivity contribution in [3.05, 3.63) is 48.3 Å². The zero-order valence-corrected chi connectivity index (χ0v) is 14.8. The number of hydrogen-bond acceptors (Lipinski definition) is 5. The number of fused-ring (bicyclic) bond motifs is 1. The second-order valence-corrected chi connectivity index (χ2v) is 7.01. The van der Waals surface area contributed by atoms with Crippen molar-refractivity contribution >= 4 is 17.1 Å². The molecule has 1 unspecified atom stereocenters. The summed E-state index contributed by atoms with van der Waals surface area (Å²) in [6.07, 6.45) is 7.30. The highest BCUT2D eigenvalue weighted by Crippen LogP contribution is 2.35. The number of hydrogen-bond donors (Lipinski definition) is 3. The Labute approximate surface area is 155 Å². The van der Waals surface area contributed by atoms with Crippen LogP contribution in [-0.4, -0.2) is 37.8 Å². The van der Waals surface area contributed by atoms with Gasteiger partial charge in [-0.05, 0) is 37.8 Å². The summed E-state index contributed by atoms with van der Waals surface area (Å²) >= 11 is 0. The van der Waals surface area contributed by atoms with Gasteiger partial charge in [-0.15, -0.1) is 0 Å². The largest absolute Gasteiger partial charge is 0.391 e. The Morgan fingerprint density at radius 3 is 2.78 bits per heavy atom. The Balaban J connectivity index is 1.78. The fourth-order valence-corrected chi connectivity index (χ4v) is 3.28. The van der Waals surface area contributed by atoms with Crippen LogP contribution in [0.2, 0.25) is 0 Å². The number of carbonyl (C=O) groups is 1. The maximum absolute atomic E-state index is 13.5. The van der Waals surface area contributed by atoms with Crippen molar-refractivity contribution in [3.63, 3.8) is 0 Å². The molecule has 4 rings (SSSR count).